The summed E-state index contributed by atoms with van der Waals surface area (Å²) in [5.74, 6) is 0. The molecule has 1 saturated heterocycles. The summed E-state index contributed by atoms with van der Waals surface area (Å²) in [4.78, 5) is 25.7. The van der Waals surface area contributed by atoms with E-state index < -0.39 is 41.1 Å². The molecule has 1 aliphatic rings. The van der Waals surface area contributed by atoms with Crippen LogP contribution < -0.4 is 5.43 Å². The Morgan fingerprint density at radius 2 is 1.67 bits per heavy atom. The van der Waals surface area contributed by atoms with Crippen LogP contribution in [0.2, 0.25) is 5.02 Å². The van der Waals surface area contributed by atoms with Crippen LogP contribution in [-0.2, 0) is 14.2 Å². The van der Waals surface area contributed by atoms with Gasteiger partial charge in [0.1, 0.15) is 11.2 Å². The number of hydrogen-bond donors (Lipinski definition) is 1. The monoisotopic (exact) mass is 480 g/mol. The number of rotatable bonds is 3. The average molecular weight is 481 g/mol. The molecule has 0 bridgehead atoms. The van der Waals surface area contributed by atoms with Gasteiger partial charge in [-0.1, -0.05) is 35.9 Å². The average Bonchev–Trinajstić information content (AvgIpc) is 2.63. The maximum Gasteiger partial charge on any atom is 0.429 e. The van der Waals surface area contributed by atoms with Crippen LogP contribution in [0.15, 0.2) is 30.3 Å². The zero-order valence-electron chi connectivity index (χ0n) is 20.9. The van der Waals surface area contributed by atoms with Gasteiger partial charge in [-0.25, -0.2) is 20.0 Å². The molecule has 2 rings (SSSR count). The molecule has 0 saturated carbocycles. The van der Waals surface area contributed by atoms with E-state index in [0.29, 0.717) is 17.9 Å². The summed E-state index contributed by atoms with van der Waals surface area (Å²) < 4.78 is 17.3. The Morgan fingerprint density at radius 3 is 2.21 bits per heavy atom. The highest BCUT2D eigenvalue weighted by atomic mass is 35.5. The van der Waals surface area contributed by atoms with Gasteiger partial charge in [0.05, 0.1) is 17.7 Å². The van der Waals surface area contributed by atoms with Gasteiger partial charge in [-0.05, 0) is 85.9 Å². The molecule has 1 N–H and O–H groups in total. The summed E-state index contributed by atoms with van der Waals surface area (Å²) in [6, 6.07) is 6.91. The summed E-state index contributed by atoms with van der Waals surface area (Å²) >= 11 is 5.99. The molecule has 8 heteroatoms. The molecular formula is C25H37ClN2O5. The summed E-state index contributed by atoms with van der Waals surface area (Å²) in [5, 5.41) is 1.85. The van der Waals surface area contributed by atoms with E-state index in [-0.39, 0.29) is 0 Å². The largest absolute Gasteiger partial charge is 0.443 e. The fourth-order valence-corrected chi connectivity index (χ4v) is 3.49. The molecule has 184 valence electrons. The van der Waals surface area contributed by atoms with Gasteiger partial charge in [0.25, 0.3) is 0 Å². The van der Waals surface area contributed by atoms with Gasteiger partial charge in [-0.2, -0.15) is 0 Å². The molecule has 1 aromatic rings. The molecule has 7 nitrogen and oxygen atoms in total. The van der Waals surface area contributed by atoms with Gasteiger partial charge < -0.3 is 14.2 Å². The van der Waals surface area contributed by atoms with E-state index in [2.05, 4.69) is 5.43 Å². The van der Waals surface area contributed by atoms with Crippen molar-refractivity contribution in [3.8, 4) is 0 Å². The molecule has 33 heavy (non-hydrogen) atoms. The zero-order valence-corrected chi connectivity index (χ0v) is 21.7. The lowest BCUT2D eigenvalue weighted by Gasteiger charge is -2.44. The number of hydrogen-bond acceptors (Lipinski definition) is 5. The Kier molecular flexibility index (Phi) is 8.47. The van der Waals surface area contributed by atoms with Crippen molar-refractivity contribution in [1.82, 2.24) is 10.4 Å². The van der Waals surface area contributed by atoms with E-state index in [1.54, 1.807) is 53.7 Å². The van der Waals surface area contributed by atoms with E-state index in [4.69, 9.17) is 25.8 Å². The maximum absolute atomic E-state index is 13.1. The highest BCUT2D eigenvalue weighted by molar-refractivity contribution is 6.30. The second-order valence-electron chi connectivity index (χ2n) is 10.8. The zero-order chi connectivity index (χ0) is 25.0. The molecule has 0 aliphatic carbocycles. The van der Waals surface area contributed by atoms with Crippen molar-refractivity contribution in [2.24, 2.45) is 0 Å². The highest BCUT2D eigenvalue weighted by Crippen LogP contribution is 2.32. The molecule has 0 spiro atoms. The second kappa shape index (κ2) is 10.3. The number of hydrazine groups is 1. The molecule has 2 atom stereocenters. The van der Waals surface area contributed by atoms with Gasteiger partial charge in [0.2, 0.25) is 0 Å². The number of nitrogens with zero attached hydrogens (tertiary/aromatic N) is 1. The third-order valence-corrected chi connectivity index (χ3v) is 5.01. The van der Waals surface area contributed by atoms with Crippen LogP contribution in [0.5, 0.6) is 0 Å². The van der Waals surface area contributed by atoms with Gasteiger partial charge in [-0.3, -0.25) is 0 Å². The number of ether oxygens (including phenoxy) is 3. The Morgan fingerprint density at radius 1 is 1.09 bits per heavy atom. The number of carbonyl (C=O) groups is 2. The summed E-state index contributed by atoms with van der Waals surface area (Å²) in [6.07, 6.45) is 3.19. The highest BCUT2D eigenvalue weighted by Gasteiger charge is 2.42. The normalized spacial score (nSPS) is 20.9. The molecule has 1 unspecified atom stereocenters. The van der Waals surface area contributed by atoms with E-state index >= 15 is 0 Å². The van der Waals surface area contributed by atoms with E-state index in [1.165, 1.54) is 5.01 Å². The molecular weight excluding hydrogens is 444 g/mol. The van der Waals surface area contributed by atoms with E-state index in [1.807, 2.05) is 38.1 Å². The van der Waals surface area contributed by atoms with Crippen LogP contribution in [0.25, 0.3) is 6.08 Å². The first kappa shape index (κ1) is 27.0. The fraction of sp³-hybridized carbons (Fsp3) is 0.600. The van der Waals surface area contributed by atoms with Crippen molar-refractivity contribution < 1.29 is 23.8 Å². The number of amides is 2. The fourth-order valence-electron chi connectivity index (χ4n) is 3.36. The minimum absolute atomic E-state index is 0.392. The molecule has 1 heterocycles. The first-order valence-corrected chi connectivity index (χ1v) is 11.6. The smallest absolute Gasteiger partial charge is 0.429 e. The van der Waals surface area contributed by atoms with Crippen molar-refractivity contribution in [3.05, 3.63) is 40.9 Å². The van der Waals surface area contributed by atoms with Crippen molar-refractivity contribution in [2.75, 3.05) is 0 Å². The predicted molar refractivity (Wildman–Crippen MR) is 130 cm³/mol. The molecule has 1 fully saturated rings. The Balaban J connectivity index is 2.35. The summed E-state index contributed by atoms with van der Waals surface area (Å²) in [7, 11) is 0. The van der Waals surface area contributed by atoms with Crippen molar-refractivity contribution >= 4 is 29.9 Å². The minimum Gasteiger partial charge on any atom is -0.443 e. The first-order valence-electron chi connectivity index (χ1n) is 11.2. The third-order valence-electron chi connectivity index (χ3n) is 4.76. The first-order chi connectivity index (χ1) is 15.0. The number of halogens is 1. The maximum atomic E-state index is 13.1. The summed E-state index contributed by atoms with van der Waals surface area (Å²) in [6.45, 7) is 14.6. The van der Waals surface area contributed by atoms with Crippen LogP contribution in [-0.4, -0.2) is 46.1 Å². The molecule has 1 aliphatic heterocycles. The van der Waals surface area contributed by atoms with Gasteiger partial charge in [-0.15, -0.1) is 0 Å². The number of benzene rings is 1. The molecule has 0 radical (unpaired) electrons. The van der Waals surface area contributed by atoms with E-state index in [0.717, 1.165) is 5.56 Å². The van der Waals surface area contributed by atoms with E-state index in [9.17, 15) is 9.59 Å². The van der Waals surface area contributed by atoms with Crippen molar-refractivity contribution in [1.29, 1.82) is 0 Å². The lowest BCUT2D eigenvalue weighted by atomic mass is 9.90. The quantitative estimate of drug-likeness (QED) is 0.509. The predicted octanol–water partition coefficient (Wildman–Crippen LogP) is 6.36. The number of carbonyl (C=O) groups excluding carboxylic acids is 2. The summed E-state index contributed by atoms with van der Waals surface area (Å²) in [5.41, 5.74) is 1.68. The molecule has 1 aromatic carbocycles. The molecule has 0 aromatic heterocycles. The van der Waals surface area contributed by atoms with Gasteiger partial charge in [0.15, 0.2) is 0 Å². The Hall–Kier alpha value is -2.25. The van der Waals surface area contributed by atoms with Crippen LogP contribution in [0.3, 0.4) is 0 Å². The van der Waals surface area contributed by atoms with Gasteiger partial charge >= 0.3 is 12.2 Å². The minimum atomic E-state index is -0.742. The molecule has 2 amide bonds. The van der Waals surface area contributed by atoms with Crippen molar-refractivity contribution in [3.63, 3.8) is 0 Å². The third kappa shape index (κ3) is 9.26. The SMILES string of the molecule is CC(C)(C)OC(=O)NN(C(=O)OC(C)(C)C)C1CCC(C)(C)O[C@@H]1/C=C/c1ccc(Cl)cc1. The van der Waals surface area contributed by atoms with Crippen LogP contribution >= 0.6 is 11.6 Å². The lowest BCUT2D eigenvalue weighted by Crippen LogP contribution is -2.60. The Labute approximate surface area is 202 Å². The lowest BCUT2D eigenvalue weighted by molar-refractivity contribution is -0.129. The standard InChI is InChI=1S/C25H37ClN2O5/c1-23(2,3)32-21(29)27-28(22(30)33-24(4,5)6)19-15-16-25(7,8)31-20(19)14-11-17-9-12-18(26)13-10-17/h9-14,19-20H,15-16H2,1-8H3,(H,27,29)/b14-11+/t19?,20-/m1/s1. The van der Waals surface area contributed by atoms with Crippen LogP contribution in [0.4, 0.5) is 9.59 Å². The van der Waals surface area contributed by atoms with Crippen molar-refractivity contribution in [2.45, 2.75) is 97.2 Å². The second-order valence-corrected chi connectivity index (χ2v) is 11.3. The Bertz CT molecular complexity index is 853. The topological polar surface area (TPSA) is 77.1 Å². The van der Waals surface area contributed by atoms with Crippen LogP contribution in [0, 0.1) is 0 Å². The van der Waals surface area contributed by atoms with Gasteiger partial charge in [0, 0.05) is 5.02 Å². The number of nitrogens with one attached hydrogen (secondary N) is 1. The van der Waals surface area contributed by atoms with Crippen LogP contribution in [0.1, 0.15) is 73.8 Å².